The summed E-state index contributed by atoms with van der Waals surface area (Å²) < 4.78 is 67.5. The lowest BCUT2D eigenvalue weighted by molar-refractivity contribution is 0.465. The summed E-state index contributed by atoms with van der Waals surface area (Å²) in [6.07, 6.45) is 0. The van der Waals surface area contributed by atoms with Gasteiger partial charge >= 0.3 is 0 Å². The zero-order chi connectivity index (χ0) is 14.9. The van der Waals surface area contributed by atoms with Gasteiger partial charge in [-0.1, -0.05) is 6.07 Å². The smallest absolute Gasteiger partial charge is 0.134 e. The summed E-state index contributed by atoms with van der Waals surface area (Å²) in [4.78, 5) is 0. The first-order valence-electron chi connectivity index (χ1n) is 5.50. The Morgan fingerprint density at radius 3 is 1.70 bits per heavy atom. The Morgan fingerprint density at radius 1 is 0.800 bits per heavy atom. The number of hydrogen-bond donors (Lipinski definition) is 2. The van der Waals surface area contributed by atoms with Crippen LogP contribution in [0.5, 0.6) is 0 Å². The zero-order valence-electron chi connectivity index (χ0n) is 9.93. The molecule has 0 aliphatic carbocycles. The van der Waals surface area contributed by atoms with Gasteiger partial charge in [-0.25, -0.2) is 27.4 Å². The van der Waals surface area contributed by atoms with Gasteiger partial charge in [-0.05, 0) is 12.1 Å². The van der Waals surface area contributed by atoms with E-state index in [-0.39, 0.29) is 0 Å². The molecule has 3 N–H and O–H groups in total. The van der Waals surface area contributed by atoms with Crippen molar-refractivity contribution < 1.29 is 22.0 Å². The standard InChI is InChI=1S/C13H9F5N2/c14-6-4-9(17)12(10(18)5-6)13(20-19)11-7(15)2-1-3-8(11)16/h1-5,13,20H,19H2. The van der Waals surface area contributed by atoms with Crippen LogP contribution in [-0.4, -0.2) is 0 Å². The molecule has 0 bridgehead atoms. The summed E-state index contributed by atoms with van der Waals surface area (Å²) in [5.41, 5.74) is 0.516. The predicted octanol–water partition coefficient (Wildman–Crippen LogP) is 2.93. The van der Waals surface area contributed by atoms with Crippen LogP contribution in [0, 0.1) is 29.1 Å². The molecule has 0 aliphatic heterocycles. The summed E-state index contributed by atoms with van der Waals surface area (Å²) in [6, 6.07) is 2.11. The maximum atomic E-state index is 13.7. The number of nitrogens with two attached hydrogens (primary N) is 1. The van der Waals surface area contributed by atoms with Crippen molar-refractivity contribution in [2.75, 3.05) is 0 Å². The van der Waals surface area contributed by atoms with Gasteiger partial charge in [0.05, 0.1) is 6.04 Å². The topological polar surface area (TPSA) is 38.0 Å². The van der Waals surface area contributed by atoms with Gasteiger partial charge in [0, 0.05) is 23.3 Å². The van der Waals surface area contributed by atoms with Crippen molar-refractivity contribution in [1.82, 2.24) is 5.43 Å². The largest absolute Gasteiger partial charge is 0.271 e. The van der Waals surface area contributed by atoms with Crippen LogP contribution in [-0.2, 0) is 0 Å². The molecule has 20 heavy (non-hydrogen) atoms. The highest BCUT2D eigenvalue weighted by Gasteiger charge is 2.27. The van der Waals surface area contributed by atoms with Crippen LogP contribution in [0.1, 0.15) is 17.2 Å². The van der Waals surface area contributed by atoms with E-state index in [1.165, 1.54) is 0 Å². The highest BCUT2D eigenvalue weighted by Crippen LogP contribution is 2.30. The van der Waals surface area contributed by atoms with Crippen molar-refractivity contribution in [2.45, 2.75) is 6.04 Å². The first-order valence-corrected chi connectivity index (χ1v) is 5.50. The van der Waals surface area contributed by atoms with E-state index in [9.17, 15) is 22.0 Å². The molecular weight excluding hydrogens is 279 g/mol. The Hall–Kier alpha value is -1.99. The van der Waals surface area contributed by atoms with Crippen LogP contribution in [0.3, 0.4) is 0 Å². The molecular formula is C13H9F5N2. The molecule has 2 aromatic carbocycles. The maximum absolute atomic E-state index is 13.7. The van der Waals surface area contributed by atoms with E-state index in [0.29, 0.717) is 12.1 Å². The highest BCUT2D eigenvalue weighted by atomic mass is 19.2. The quantitative estimate of drug-likeness (QED) is 0.518. The first-order chi connectivity index (χ1) is 9.45. The SMILES string of the molecule is NNC(c1c(F)cccc1F)c1c(F)cc(F)cc1F. The van der Waals surface area contributed by atoms with E-state index in [4.69, 9.17) is 5.84 Å². The monoisotopic (exact) mass is 288 g/mol. The summed E-state index contributed by atoms with van der Waals surface area (Å²) in [5.74, 6) is -0.664. The minimum Gasteiger partial charge on any atom is -0.271 e. The van der Waals surface area contributed by atoms with E-state index in [1.54, 1.807) is 0 Å². The summed E-state index contributed by atoms with van der Waals surface area (Å²) in [5, 5.41) is 0. The maximum Gasteiger partial charge on any atom is 0.134 e. The summed E-state index contributed by atoms with van der Waals surface area (Å²) in [6.45, 7) is 0. The summed E-state index contributed by atoms with van der Waals surface area (Å²) in [7, 11) is 0. The average molecular weight is 288 g/mol. The van der Waals surface area contributed by atoms with Gasteiger partial charge < -0.3 is 0 Å². The predicted molar refractivity (Wildman–Crippen MR) is 61.8 cm³/mol. The fourth-order valence-electron chi connectivity index (χ4n) is 1.93. The van der Waals surface area contributed by atoms with E-state index < -0.39 is 46.3 Å². The van der Waals surface area contributed by atoms with Gasteiger partial charge in [-0.2, -0.15) is 0 Å². The Labute approximate surface area is 111 Å². The van der Waals surface area contributed by atoms with Crippen molar-refractivity contribution in [3.63, 3.8) is 0 Å². The Morgan fingerprint density at radius 2 is 1.25 bits per heavy atom. The van der Waals surface area contributed by atoms with Gasteiger partial charge in [0.15, 0.2) is 0 Å². The van der Waals surface area contributed by atoms with Crippen molar-refractivity contribution >= 4 is 0 Å². The lowest BCUT2D eigenvalue weighted by Crippen LogP contribution is -2.32. The van der Waals surface area contributed by atoms with Gasteiger partial charge in [0.1, 0.15) is 29.1 Å². The number of nitrogens with one attached hydrogen (secondary N) is 1. The number of halogens is 5. The van der Waals surface area contributed by atoms with Crippen molar-refractivity contribution in [3.8, 4) is 0 Å². The van der Waals surface area contributed by atoms with Crippen molar-refractivity contribution in [3.05, 3.63) is 70.5 Å². The van der Waals surface area contributed by atoms with Gasteiger partial charge in [0.25, 0.3) is 0 Å². The van der Waals surface area contributed by atoms with Crippen LogP contribution >= 0.6 is 0 Å². The fourth-order valence-corrected chi connectivity index (χ4v) is 1.93. The molecule has 106 valence electrons. The molecule has 0 spiro atoms. The Balaban J connectivity index is 2.65. The van der Waals surface area contributed by atoms with E-state index >= 15 is 0 Å². The van der Waals surface area contributed by atoms with Crippen LogP contribution in [0.2, 0.25) is 0 Å². The molecule has 2 rings (SSSR count). The van der Waals surface area contributed by atoms with E-state index in [0.717, 1.165) is 18.2 Å². The number of hydrazine groups is 1. The second-order valence-corrected chi connectivity index (χ2v) is 4.02. The number of rotatable bonds is 3. The highest BCUT2D eigenvalue weighted by molar-refractivity contribution is 5.35. The third-order valence-corrected chi connectivity index (χ3v) is 2.79. The molecule has 1 unspecified atom stereocenters. The third-order valence-electron chi connectivity index (χ3n) is 2.79. The third kappa shape index (κ3) is 2.50. The first kappa shape index (κ1) is 14.4. The van der Waals surface area contributed by atoms with Crippen LogP contribution in [0.15, 0.2) is 30.3 Å². The van der Waals surface area contributed by atoms with Crippen LogP contribution in [0.4, 0.5) is 22.0 Å². The van der Waals surface area contributed by atoms with Crippen molar-refractivity contribution in [2.24, 2.45) is 5.84 Å². The molecule has 2 nitrogen and oxygen atoms in total. The molecule has 0 aromatic heterocycles. The van der Waals surface area contributed by atoms with Gasteiger partial charge in [0.2, 0.25) is 0 Å². The van der Waals surface area contributed by atoms with Gasteiger partial charge in [-0.15, -0.1) is 0 Å². The molecule has 0 saturated carbocycles. The number of benzene rings is 2. The molecule has 1 atom stereocenters. The molecule has 0 aliphatic rings. The van der Waals surface area contributed by atoms with Crippen LogP contribution in [0.25, 0.3) is 0 Å². The molecule has 0 heterocycles. The van der Waals surface area contributed by atoms with E-state index in [2.05, 4.69) is 0 Å². The molecule has 0 fully saturated rings. The normalized spacial score (nSPS) is 12.5. The fraction of sp³-hybridized carbons (Fsp3) is 0.0769. The summed E-state index contributed by atoms with van der Waals surface area (Å²) >= 11 is 0. The second kappa shape index (κ2) is 5.56. The van der Waals surface area contributed by atoms with E-state index in [1.807, 2.05) is 5.43 Å². The zero-order valence-corrected chi connectivity index (χ0v) is 9.93. The van der Waals surface area contributed by atoms with Crippen molar-refractivity contribution in [1.29, 1.82) is 0 Å². The lowest BCUT2D eigenvalue weighted by Gasteiger charge is -2.19. The lowest BCUT2D eigenvalue weighted by atomic mass is 9.97. The Bertz CT molecular complexity index is 601. The Kier molecular flexibility index (Phi) is 4.01. The second-order valence-electron chi connectivity index (χ2n) is 4.02. The number of hydrogen-bond acceptors (Lipinski definition) is 2. The minimum atomic E-state index is -1.63. The van der Waals surface area contributed by atoms with Gasteiger partial charge in [-0.3, -0.25) is 5.84 Å². The molecule has 0 radical (unpaired) electrons. The molecule has 7 heteroatoms. The van der Waals surface area contributed by atoms with Crippen LogP contribution < -0.4 is 11.3 Å². The average Bonchev–Trinajstić information content (AvgIpc) is 2.35. The molecule has 0 saturated heterocycles. The molecule has 2 aromatic rings. The minimum absolute atomic E-state index is 0.404. The molecule has 0 amide bonds.